The van der Waals surface area contributed by atoms with Crippen LogP contribution in [0.4, 0.5) is 4.39 Å². The van der Waals surface area contributed by atoms with E-state index in [0.717, 1.165) is 5.56 Å². The first-order chi connectivity index (χ1) is 7.11. The van der Waals surface area contributed by atoms with E-state index < -0.39 is 17.3 Å². The summed E-state index contributed by atoms with van der Waals surface area (Å²) in [6.45, 7) is 0. The van der Waals surface area contributed by atoms with Gasteiger partial charge in [-0.3, -0.25) is 4.79 Å². The van der Waals surface area contributed by atoms with Crippen LogP contribution in [0.2, 0.25) is 0 Å². The summed E-state index contributed by atoms with van der Waals surface area (Å²) < 4.78 is 12.7. The summed E-state index contributed by atoms with van der Waals surface area (Å²) in [6, 6.07) is 8.99. The Morgan fingerprint density at radius 2 is 1.93 bits per heavy atom. The number of carbonyl (C=O) groups excluding carboxylic acids is 1. The van der Waals surface area contributed by atoms with Gasteiger partial charge in [0, 0.05) is 5.75 Å². The second-order valence-corrected chi connectivity index (χ2v) is 3.77. The summed E-state index contributed by atoms with van der Waals surface area (Å²) in [4.78, 5) is 21.1. The number of alkyl halides is 1. The quantitative estimate of drug-likeness (QED) is 0.799. The van der Waals surface area contributed by atoms with Gasteiger partial charge in [-0.1, -0.05) is 42.1 Å². The number of aliphatic carboxylic acids is 1. The zero-order chi connectivity index (χ0) is 11.3. The molecule has 1 aromatic carbocycles. The minimum absolute atomic E-state index is 0.285. The summed E-state index contributed by atoms with van der Waals surface area (Å²) >= 11 is 0.671. The van der Waals surface area contributed by atoms with Crippen LogP contribution in [-0.2, 0) is 15.3 Å². The Bertz CT molecular complexity index is 353. The van der Waals surface area contributed by atoms with E-state index >= 15 is 0 Å². The van der Waals surface area contributed by atoms with Gasteiger partial charge in [-0.15, -0.1) is 0 Å². The standard InChI is InChI=1S/C10H9FO3S/c11-8(9(12)13)10(14)15-6-7-4-2-1-3-5-7/h1-5,8H,6H2,(H,12,13). The maximum atomic E-state index is 12.7. The van der Waals surface area contributed by atoms with Crippen molar-refractivity contribution in [3.8, 4) is 0 Å². The molecule has 0 heterocycles. The van der Waals surface area contributed by atoms with Crippen molar-refractivity contribution in [3.05, 3.63) is 35.9 Å². The molecule has 0 aliphatic heterocycles. The van der Waals surface area contributed by atoms with Gasteiger partial charge >= 0.3 is 5.97 Å². The monoisotopic (exact) mass is 228 g/mol. The molecule has 0 spiro atoms. The Balaban J connectivity index is 2.44. The Morgan fingerprint density at radius 3 is 2.47 bits per heavy atom. The van der Waals surface area contributed by atoms with Crippen LogP contribution in [0.15, 0.2) is 30.3 Å². The largest absolute Gasteiger partial charge is 0.479 e. The highest BCUT2D eigenvalue weighted by Gasteiger charge is 2.25. The molecule has 0 aromatic heterocycles. The van der Waals surface area contributed by atoms with Gasteiger partial charge in [-0.05, 0) is 5.56 Å². The Morgan fingerprint density at radius 1 is 1.33 bits per heavy atom. The second kappa shape index (κ2) is 5.50. The molecule has 0 fully saturated rings. The summed E-state index contributed by atoms with van der Waals surface area (Å²) in [7, 11) is 0. The topological polar surface area (TPSA) is 54.4 Å². The number of hydrogen-bond acceptors (Lipinski definition) is 3. The van der Waals surface area contributed by atoms with E-state index in [1.807, 2.05) is 6.07 Å². The molecule has 0 saturated heterocycles. The lowest BCUT2D eigenvalue weighted by atomic mass is 10.2. The minimum Gasteiger partial charge on any atom is -0.479 e. The van der Waals surface area contributed by atoms with E-state index in [0.29, 0.717) is 11.8 Å². The Hall–Kier alpha value is -1.36. The SMILES string of the molecule is O=C(O)C(F)C(=O)SCc1ccccc1. The van der Waals surface area contributed by atoms with E-state index in [2.05, 4.69) is 0 Å². The van der Waals surface area contributed by atoms with Gasteiger partial charge in [0.1, 0.15) is 0 Å². The average molecular weight is 228 g/mol. The fraction of sp³-hybridized carbons (Fsp3) is 0.200. The van der Waals surface area contributed by atoms with Crippen LogP contribution in [-0.4, -0.2) is 22.4 Å². The fourth-order valence-corrected chi connectivity index (χ4v) is 1.65. The van der Waals surface area contributed by atoms with E-state index in [1.54, 1.807) is 24.3 Å². The van der Waals surface area contributed by atoms with Crippen LogP contribution < -0.4 is 0 Å². The molecule has 0 saturated carbocycles. The zero-order valence-corrected chi connectivity index (χ0v) is 8.54. The molecule has 1 unspecified atom stereocenters. The van der Waals surface area contributed by atoms with E-state index in [1.165, 1.54) is 0 Å². The fourth-order valence-electron chi connectivity index (χ4n) is 0.903. The number of carboxylic acids is 1. The number of thioether (sulfide) groups is 1. The molecule has 1 atom stereocenters. The van der Waals surface area contributed by atoms with Crippen LogP contribution in [0.3, 0.4) is 0 Å². The van der Waals surface area contributed by atoms with Crippen LogP contribution in [0.25, 0.3) is 0 Å². The number of benzene rings is 1. The first-order valence-electron chi connectivity index (χ1n) is 4.18. The lowest BCUT2D eigenvalue weighted by Crippen LogP contribution is -2.22. The molecule has 15 heavy (non-hydrogen) atoms. The smallest absolute Gasteiger partial charge is 0.347 e. The van der Waals surface area contributed by atoms with Crippen molar-refractivity contribution in [2.75, 3.05) is 0 Å². The molecule has 5 heteroatoms. The normalized spacial score (nSPS) is 12.1. The molecule has 0 bridgehead atoms. The summed E-state index contributed by atoms with van der Waals surface area (Å²) in [6.07, 6.45) is -2.43. The summed E-state index contributed by atoms with van der Waals surface area (Å²) in [5.41, 5.74) is 0.855. The lowest BCUT2D eigenvalue weighted by molar-refractivity contribution is -0.145. The maximum absolute atomic E-state index is 12.7. The highest BCUT2D eigenvalue weighted by molar-refractivity contribution is 8.13. The molecule has 3 nitrogen and oxygen atoms in total. The first kappa shape index (κ1) is 11.7. The van der Waals surface area contributed by atoms with Crippen molar-refractivity contribution in [1.82, 2.24) is 0 Å². The number of halogens is 1. The lowest BCUT2D eigenvalue weighted by Gasteiger charge is -2.01. The van der Waals surface area contributed by atoms with Crippen LogP contribution in [0, 0.1) is 0 Å². The van der Waals surface area contributed by atoms with Gasteiger partial charge in [-0.2, -0.15) is 0 Å². The van der Waals surface area contributed by atoms with Crippen molar-refractivity contribution in [1.29, 1.82) is 0 Å². The molecule has 0 radical (unpaired) electrons. The number of carbonyl (C=O) groups is 2. The Kier molecular flexibility index (Phi) is 4.30. The number of carboxylic acid groups (broad SMARTS) is 1. The first-order valence-corrected chi connectivity index (χ1v) is 5.17. The van der Waals surface area contributed by atoms with Gasteiger partial charge in [0.25, 0.3) is 6.17 Å². The van der Waals surface area contributed by atoms with Crippen molar-refractivity contribution in [2.45, 2.75) is 11.9 Å². The van der Waals surface area contributed by atoms with Crippen LogP contribution in [0.5, 0.6) is 0 Å². The van der Waals surface area contributed by atoms with Gasteiger partial charge in [0.15, 0.2) is 0 Å². The van der Waals surface area contributed by atoms with Crippen molar-refractivity contribution < 1.29 is 19.1 Å². The van der Waals surface area contributed by atoms with Crippen molar-refractivity contribution in [3.63, 3.8) is 0 Å². The minimum atomic E-state index is -2.43. The highest BCUT2D eigenvalue weighted by atomic mass is 32.2. The number of rotatable bonds is 4. The van der Waals surface area contributed by atoms with Crippen LogP contribution >= 0.6 is 11.8 Å². The predicted molar refractivity (Wildman–Crippen MR) is 55.3 cm³/mol. The van der Waals surface area contributed by atoms with E-state index in [-0.39, 0.29) is 5.75 Å². The van der Waals surface area contributed by atoms with Gasteiger partial charge in [0.2, 0.25) is 5.12 Å². The Labute approximate surface area is 90.3 Å². The molecular weight excluding hydrogens is 219 g/mol. The van der Waals surface area contributed by atoms with Gasteiger partial charge < -0.3 is 5.11 Å². The third-order valence-electron chi connectivity index (χ3n) is 1.65. The molecular formula is C10H9FO3S. The van der Waals surface area contributed by atoms with Gasteiger partial charge in [-0.25, -0.2) is 9.18 Å². The van der Waals surface area contributed by atoms with Crippen LogP contribution in [0.1, 0.15) is 5.56 Å². The molecule has 1 N–H and O–H groups in total. The predicted octanol–water partition coefficient (Wildman–Crippen LogP) is 1.87. The third kappa shape index (κ3) is 3.71. The van der Waals surface area contributed by atoms with Crippen molar-refractivity contribution >= 4 is 22.8 Å². The van der Waals surface area contributed by atoms with E-state index in [4.69, 9.17) is 5.11 Å². The molecule has 1 rings (SSSR count). The number of hydrogen-bond donors (Lipinski definition) is 1. The molecule has 0 amide bonds. The second-order valence-electron chi connectivity index (χ2n) is 2.79. The third-order valence-corrected chi connectivity index (χ3v) is 2.62. The average Bonchev–Trinajstić information content (AvgIpc) is 2.26. The van der Waals surface area contributed by atoms with Crippen molar-refractivity contribution in [2.24, 2.45) is 0 Å². The maximum Gasteiger partial charge on any atom is 0.347 e. The molecule has 1 aromatic rings. The van der Waals surface area contributed by atoms with Gasteiger partial charge in [0.05, 0.1) is 0 Å². The molecule has 0 aliphatic rings. The zero-order valence-electron chi connectivity index (χ0n) is 7.72. The van der Waals surface area contributed by atoms with E-state index in [9.17, 15) is 14.0 Å². The summed E-state index contributed by atoms with van der Waals surface area (Å²) in [5, 5.41) is 7.27. The summed E-state index contributed by atoms with van der Waals surface area (Å²) in [5.74, 6) is -1.45. The molecule has 80 valence electrons. The molecule has 0 aliphatic carbocycles. The highest BCUT2D eigenvalue weighted by Crippen LogP contribution is 2.15.